The maximum atomic E-state index is 4.48. The van der Waals surface area contributed by atoms with Crippen LogP contribution in [0.1, 0.15) is 27.2 Å². The van der Waals surface area contributed by atoms with Crippen LogP contribution in [-0.2, 0) is 0 Å². The Morgan fingerprint density at radius 1 is 1.33 bits per heavy atom. The molecule has 1 saturated carbocycles. The molecule has 1 aromatic heterocycles. The van der Waals surface area contributed by atoms with Gasteiger partial charge in [0.2, 0.25) is 0 Å². The molecule has 1 fully saturated rings. The average Bonchev–Trinajstić information content (AvgIpc) is 2.95. The first-order chi connectivity index (χ1) is 8.55. The van der Waals surface area contributed by atoms with Crippen LogP contribution in [0.3, 0.4) is 0 Å². The number of anilines is 2. The number of thioether (sulfide) groups is 1. The summed E-state index contributed by atoms with van der Waals surface area (Å²) in [5.41, 5.74) is 0.507. The molecule has 2 N–H and O–H groups in total. The second-order valence-electron chi connectivity index (χ2n) is 5.43. The van der Waals surface area contributed by atoms with E-state index in [1.54, 1.807) is 11.8 Å². The van der Waals surface area contributed by atoms with Gasteiger partial charge in [0.1, 0.15) is 11.6 Å². The highest BCUT2D eigenvalue weighted by Gasteiger charge is 2.44. The first-order valence-corrected chi connectivity index (χ1v) is 7.68. The molecule has 1 heterocycles. The predicted octanol–water partition coefficient (Wildman–Crippen LogP) is 3.09. The highest BCUT2D eigenvalue weighted by Crippen LogP contribution is 2.51. The van der Waals surface area contributed by atoms with Gasteiger partial charge in [-0.3, -0.25) is 0 Å². The van der Waals surface area contributed by atoms with Crippen LogP contribution in [0.25, 0.3) is 0 Å². The molecule has 5 heteroatoms. The summed E-state index contributed by atoms with van der Waals surface area (Å²) in [5.74, 6) is 2.59. The van der Waals surface area contributed by atoms with Crippen molar-refractivity contribution in [3.8, 4) is 0 Å². The van der Waals surface area contributed by atoms with Crippen LogP contribution in [-0.4, -0.2) is 29.3 Å². The lowest BCUT2D eigenvalue weighted by molar-refractivity contribution is 0.572. The minimum absolute atomic E-state index is 0.507. The zero-order chi connectivity index (χ0) is 13.2. The van der Waals surface area contributed by atoms with Crippen LogP contribution >= 0.6 is 11.8 Å². The fourth-order valence-electron chi connectivity index (χ4n) is 2.03. The molecule has 1 aliphatic rings. The normalized spacial score (nSPS) is 20.6. The Balaban J connectivity index is 2.00. The van der Waals surface area contributed by atoms with E-state index in [4.69, 9.17) is 0 Å². The molecule has 100 valence electrons. The number of nitrogens with zero attached hydrogens (tertiary/aromatic N) is 2. The van der Waals surface area contributed by atoms with Crippen LogP contribution in [0, 0.1) is 11.3 Å². The standard InChI is InChI=1S/C13H22N4S/c1-5-14-10-6-11(17-12(16-10)18-4)15-8-9-7-13(9,2)3/h6,9H,5,7-8H2,1-4H3,(H2,14,15,16,17). The SMILES string of the molecule is CCNc1cc(NCC2CC2(C)C)nc(SC)n1. The molecule has 0 bridgehead atoms. The fourth-order valence-corrected chi connectivity index (χ4v) is 2.41. The second kappa shape index (κ2) is 5.34. The first-order valence-electron chi connectivity index (χ1n) is 6.46. The predicted molar refractivity (Wildman–Crippen MR) is 78.4 cm³/mol. The molecule has 1 atom stereocenters. The fraction of sp³-hybridized carbons (Fsp3) is 0.692. The van der Waals surface area contributed by atoms with Crippen molar-refractivity contribution in [1.82, 2.24) is 9.97 Å². The average molecular weight is 266 g/mol. The van der Waals surface area contributed by atoms with Crippen LogP contribution in [0.5, 0.6) is 0 Å². The number of nitrogens with one attached hydrogen (secondary N) is 2. The molecule has 1 unspecified atom stereocenters. The van der Waals surface area contributed by atoms with E-state index in [9.17, 15) is 0 Å². The maximum absolute atomic E-state index is 4.48. The quantitative estimate of drug-likeness (QED) is 0.612. The van der Waals surface area contributed by atoms with Crippen molar-refractivity contribution >= 4 is 23.4 Å². The van der Waals surface area contributed by atoms with Crippen molar-refractivity contribution in [1.29, 1.82) is 0 Å². The van der Waals surface area contributed by atoms with Gasteiger partial charge in [-0.05, 0) is 30.9 Å². The molecule has 0 saturated heterocycles. The zero-order valence-corrected chi connectivity index (χ0v) is 12.4. The summed E-state index contributed by atoms with van der Waals surface area (Å²) in [6.45, 7) is 8.58. The van der Waals surface area contributed by atoms with Crippen molar-refractivity contribution in [3.63, 3.8) is 0 Å². The maximum Gasteiger partial charge on any atom is 0.191 e. The third-order valence-corrected chi connectivity index (χ3v) is 4.04. The van der Waals surface area contributed by atoms with Gasteiger partial charge in [0.15, 0.2) is 5.16 Å². The van der Waals surface area contributed by atoms with Crippen molar-refractivity contribution in [2.45, 2.75) is 32.3 Å². The van der Waals surface area contributed by atoms with E-state index in [-0.39, 0.29) is 0 Å². The van der Waals surface area contributed by atoms with Crippen LogP contribution in [0.15, 0.2) is 11.2 Å². The van der Waals surface area contributed by atoms with E-state index < -0.39 is 0 Å². The molecule has 2 rings (SSSR count). The second-order valence-corrected chi connectivity index (χ2v) is 6.20. The lowest BCUT2D eigenvalue weighted by Crippen LogP contribution is -2.10. The van der Waals surface area contributed by atoms with E-state index in [1.165, 1.54) is 6.42 Å². The van der Waals surface area contributed by atoms with Crippen LogP contribution in [0.2, 0.25) is 0 Å². The van der Waals surface area contributed by atoms with Gasteiger partial charge in [0.05, 0.1) is 0 Å². The smallest absolute Gasteiger partial charge is 0.191 e. The lowest BCUT2D eigenvalue weighted by Gasteiger charge is -2.10. The minimum atomic E-state index is 0.507. The van der Waals surface area contributed by atoms with Gasteiger partial charge in [0, 0.05) is 19.2 Å². The Hall–Kier alpha value is -0.970. The Labute approximate surface area is 113 Å². The van der Waals surface area contributed by atoms with E-state index in [1.807, 2.05) is 12.3 Å². The third kappa shape index (κ3) is 3.28. The van der Waals surface area contributed by atoms with Crippen LogP contribution < -0.4 is 10.6 Å². The summed E-state index contributed by atoms with van der Waals surface area (Å²) in [7, 11) is 0. The molecule has 0 aromatic carbocycles. The first kappa shape index (κ1) is 13.5. The van der Waals surface area contributed by atoms with E-state index in [0.29, 0.717) is 5.41 Å². The summed E-state index contributed by atoms with van der Waals surface area (Å²) < 4.78 is 0. The monoisotopic (exact) mass is 266 g/mol. The molecule has 0 radical (unpaired) electrons. The zero-order valence-electron chi connectivity index (χ0n) is 11.6. The topological polar surface area (TPSA) is 49.8 Å². The summed E-state index contributed by atoms with van der Waals surface area (Å²) in [4.78, 5) is 8.90. The summed E-state index contributed by atoms with van der Waals surface area (Å²) in [6.07, 6.45) is 3.30. The van der Waals surface area contributed by atoms with E-state index >= 15 is 0 Å². The summed E-state index contributed by atoms with van der Waals surface area (Å²) in [5, 5.41) is 7.48. The summed E-state index contributed by atoms with van der Waals surface area (Å²) >= 11 is 1.57. The molecule has 1 aromatic rings. The molecular formula is C13H22N4S. The Morgan fingerprint density at radius 3 is 2.44 bits per heavy atom. The molecule has 18 heavy (non-hydrogen) atoms. The third-order valence-electron chi connectivity index (χ3n) is 3.49. The summed E-state index contributed by atoms with van der Waals surface area (Å²) in [6, 6.07) is 1.98. The van der Waals surface area contributed by atoms with Gasteiger partial charge in [-0.1, -0.05) is 25.6 Å². The number of hydrogen-bond donors (Lipinski definition) is 2. The highest BCUT2D eigenvalue weighted by molar-refractivity contribution is 7.98. The Kier molecular flexibility index (Phi) is 4.00. The highest BCUT2D eigenvalue weighted by atomic mass is 32.2. The largest absolute Gasteiger partial charge is 0.370 e. The van der Waals surface area contributed by atoms with E-state index in [2.05, 4.69) is 41.4 Å². The lowest BCUT2D eigenvalue weighted by atomic mass is 10.1. The van der Waals surface area contributed by atoms with Crippen molar-refractivity contribution in [2.24, 2.45) is 11.3 Å². The molecule has 4 nitrogen and oxygen atoms in total. The minimum Gasteiger partial charge on any atom is -0.370 e. The van der Waals surface area contributed by atoms with Gasteiger partial charge in [-0.2, -0.15) is 0 Å². The number of rotatable bonds is 6. The Bertz CT molecular complexity index is 419. The van der Waals surface area contributed by atoms with Crippen molar-refractivity contribution < 1.29 is 0 Å². The number of hydrogen-bond acceptors (Lipinski definition) is 5. The van der Waals surface area contributed by atoms with Crippen molar-refractivity contribution in [2.75, 3.05) is 30.0 Å². The van der Waals surface area contributed by atoms with Gasteiger partial charge >= 0.3 is 0 Å². The molecule has 0 aliphatic heterocycles. The number of aromatic nitrogens is 2. The van der Waals surface area contributed by atoms with Crippen LogP contribution in [0.4, 0.5) is 11.6 Å². The van der Waals surface area contributed by atoms with Gasteiger partial charge < -0.3 is 10.6 Å². The molecule has 1 aliphatic carbocycles. The Morgan fingerprint density at radius 2 is 1.94 bits per heavy atom. The molecule has 0 amide bonds. The van der Waals surface area contributed by atoms with Crippen molar-refractivity contribution in [3.05, 3.63) is 6.07 Å². The molecule has 0 spiro atoms. The van der Waals surface area contributed by atoms with Gasteiger partial charge in [-0.25, -0.2) is 9.97 Å². The van der Waals surface area contributed by atoms with Gasteiger partial charge in [-0.15, -0.1) is 0 Å². The van der Waals surface area contributed by atoms with Gasteiger partial charge in [0.25, 0.3) is 0 Å². The molecular weight excluding hydrogens is 244 g/mol. The van der Waals surface area contributed by atoms with E-state index in [0.717, 1.165) is 35.8 Å².